The van der Waals surface area contributed by atoms with E-state index in [1.54, 1.807) is 36.4 Å². The van der Waals surface area contributed by atoms with E-state index in [4.69, 9.17) is 8.94 Å². The molecule has 0 bridgehead atoms. The Hall–Kier alpha value is -2.56. The van der Waals surface area contributed by atoms with Gasteiger partial charge in [-0.3, -0.25) is 0 Å². The van der Waals surface area contributed by atoms with E-state index in [1.807, 2.05) is 0 Å². The SMILES string of the molecule is Oc1ccccc1-c1nc(-c2ccco2)no1. The number of benzene rings is 1. The van der Waals surface area contributed by atoms with E-state index in [1.165, 1.54) is 6.26 Å². The maximum absolute atomic E-state index is 9.65. The van der Waals surface area contributed by atoms with Gasteiger partial charge in [0.15, 0.2) is 5.76 Å². The van der Waals surface area contributed by atoms with Crippen LogP contribution >= 0.6 is 0 Å². The second-order valence-corrected chi connectivity index (χ2v) is 3.42. The van der Waals surface area contributed by atoms with Crippen molar-refractivity contribution in [3.8, 4) is 28.8 Å². The van der Waals surface area contributed by atoms with Gasteiger partial charge in [-0.2, -0.15) is 4.98 Å². The van der Waals surface area contributed by atoms with Crippen LogP contribution in [-0.2, 0) is 0 Å². The molecule has 2 heterocycles. The van der Waals surface area contributed by atoms with E-state index in [0.717, 1.165) is 0 Å². The highest BCUT2D eigenvalue weighted by atomic mass is 16.5. The molecule has 0 aliphatic carbocycles. The normalized spacial score (nSPS) is 10.6. The zero-order valence-electron chi connectivity index (χ0n) is 8.70. The smallest absolute Gasteiger partial charge is 0.262 e. The van der Waals surface area contributed by atoms with Gasteiger partial charge < -0.3 is 14.0 Å². The second kappa shape index (κ2) is 3.79. The Balaban J connectivity index is 2.04. The molecule has 1 aromatic carbocycles. The minimum Gasteiger partial charge on any atom is -0.507 e. The first-order valence-electron chi connectivity index (χ1n) is 5.00. The molecule has 3 aromatic rings. The van der Waals surface area contributed by atoms with Crippen LogP contribution < -0.4 is 0 Å². The summed E-state index contributed by atoms with van der Waals surface area (Å²) < 4.78 is 10.2. The fourth-order valence-electron chi connectivity index (χ4n) is 1.49. The predicted octanol–water partition coefficient (Wildman–Crippen LogP) is 2.70. The number of aromatic nitrogens is 2. The molecule has 17 heavy (non-hydrogen) atoms. The number of rotatable bonds is 2. The highest BCUT2D eigenvalue weighted by molar-refractivity contribution is 5.63. The summed E-state index contributed by atoms with van der Waals surface area (Å²) in [6.45, 7) is 0. The van der Waals surface area contributed by atoms with Crippen LogP contribution in [0.5, 0.6) is 5.75 Å². The fourth-order valence-corrected chi connectivity index (χ4v) is 1.49. The van der Waals surface area contributed by atoms with E-state index in [2.05, 4.69) is 10.1 Å². The molecule has 0 spiro atoms. The number of hydrogen-bond donors (Lipinski definition) is 1. The van der Waals surface area contributed by atoms with Gasteiger partial charge in [0.05, 0.1) is 11.8 Å². The third kappa shape index (κ3) is 1.67. The molecule has 0 radical (unpaired) electrons. The maximum atomic E-state index is 9.65. The van der Waals surface area contributed by atoms with Crippen molar-refractivity contribution in [2.45, 2.75) is 0 Å². The number of phenols is 1. The molecule has 2 aromatic heterocycles. The fraction of sp³-hybridized carbons (Fsp3) is 0. The molecule has 0 fully saturated rings. The Morgan fingerprint density at radius 2 is 1.94 bits per heavy atom. The first-order valence-corrected chi connectivity index (χ1v) is 5.00. The largest absolute Gasteiger partial charge is 0.507 e. The van der Waals surface area contributed by atoms with Crippen molar-refractivity contribution in [3.05, 3.63) is 42.7 Å². The van der Waals surface area contributed by atoms with Gasteiger partial charge in [0.25, 0.3) is 5.89 Å². The van der Waals surface area contributed by atoms with Gasteiger partial charge >= 0.3 is 0 Å². The summed E-state index contributed by atoms with van der Waals surface area (Å²) in [6.07, 6.45) is 1.53. The van der Waals surface area contributed by atoms with E-state index < -0.39 is 0 Å². The van der Waals surface area contributed by atoms with Crippen molar-refractivity contribution in [3.63, 3.8) is 0 Å². The van der Waals surface area contributed by atoms with Gasteiger partial charge in [0, 0.05) is 0 Å². The van der Waals surface area contributed by atoms with Crippen molar-refractivity contribution < 1.29 is 14.0 Å². The molecule has 0 aliphatic heterocycles. The minimum absolute atomic E-state index is 0.0992. The van der Waals surface area contributed by atoms with E-state index in [9.17, 15) is 5.11 Å². The van der Waals surface area contributed by atoms with Gasteiger partial charge in [0.2, 0.25) is 5.82 Å². The summed E-state index contributed by atoms with van der Waals surface area (Å²) in [7, 11) is 0. The third-order valence-corrected chi connectivity index (χ3v) is 2.30. The molecule has 0 aliphatic rings. The van der Waals surface area contributed by atoms with E-state index in [-0.39, 0.29) is 11.6 Å². The Labute approximate surface area is 96.3 Å². The van der Waals surface area contributed by atoms with Crippen LogP contribution in [0.25, 0.3) is 23.0 Å². The standard InChI is InChI=1S/C12H8N2O3/c15-9-5-2-1-4-8(9)12-13-11(14-17-12)10-6-3-7-16-10/h1-7,15H. The van der Waals surface area contributed by atoms with Crippen molar-refractivity contribution in [2.75, 3.05) is 0 Å². The number of para-hydroxylation sites is 1. The van der Waals surface area contributed by atoms with Crippen molar-refractivity contribution >= 4 is 0 Å². The Kier molecular flexibility index (Phi) is 2.15. The van der Waals surface area contributed by atoms with Crippen LogP contribution in [-0.4, -0.2) is 15.2 Å². The van der Waals surface area contributed by atoms with Crippen LogP contribution in [0.4, 0.5) is 0 Å². The monoisotopic (exact) mass is 228 g/mol. The second-order valence-electron chi connectivity index (χ2n) is 3.42. The summed E-state index contributed by atoms with van der Waals surface area (Å²) in [5.41, 5.74) is 0.498. The number of hydrogen-bond acceptors (Lipinski definition) is 5. The molecule has 3 rings (SSSR count). The molecule has 5 nitrogen and oxygen atoms in total. The van der Waals surface area contributed by atoms with Gasteiger partial charge in [0.1, 0.15) is 5.75 Å². The molecule has 1 N–H and O–H groups in total. The minimum atomic E-state index is 0.0992. The highest BCUT2D eigenvalue weighted by Crippen LogP contribution is 2.28. The quantitative estimate of drug-likeness (QED) is 0.730. The van der Waals surface area contributed by atoms with Gasteiger partial charge in [-0.25, -0.2) is 0 Å². The zero-order chi connectivity index (χ0) is 11.7. The average molecular weight is 228 g/mol. The Bertz CT molecular complexity index is 629. The average Bonchev–Trinajstić information content (AvgIpc) is 3.00. The number of nitrogens with zero attached hydrogens (tertiary/aromatic N) is 2. The molecule has 0 saturated carbocycles. The van der Waals surface area contributed by atoms with Crippen LogP contribution in [0.2, 0.25) is 0 Å². The van der Waals surface area contributed by atoms with Crippen LogP contribution in [0.1, 0.15) is 0 Å². The molecule has 0 saturated heterocycles. The van der Waals surface area contributed by atoms with Gasteiger partial charge in [-0.15, -0.1) is 0 Å². The molecule has 84 valence electrons. The molecule has 5 heteroatoms. The van der Waals surface area contributed by atoms with E-state index in [0.29, 0.717) is 17.1 Å². The first kappa shape index (κ1) is 9.65. The topological polar surface area (TPSA) is 72.3 Å². The lowest BCUT2D eigenvalue weighted by Crippen LogP contribution is -1.79. The zero-order valence-corrected chi connectivity index (χ0v) is 8.70. The summed E-state index contributed by atoms with van der Waals surface area (Å²) >= 11 is 0. The lowest BCUT2D eigenvalue weighted by Gasteiger charge is -1.96. The van der Waals surface area contributed by atoms with E-state index >= 15 is 0 Å². The predicted molar refractivity (Wildman–Crippen MR) is 59.1 cm³/mol. The maximum Gasteiger partial charge on any atom is 0.262 e. The summed E-state index contributed by atoms with van der Waals surface area (Å²) in [6, 6.07) is 10.3. The van der Waals surface area contributed by atoms with Gasteiger partial charge in [-0.1, -0.05) is 17.3 Å². The van der Waals surface area contributed by atoms with Crippen LogP contribution in [0, 0.1) is 0 Å². The molecule has 0 amide bonds. The third-order valence-electron chi connectivity index (χ3n) is 2.30. The molecular formula is C12H8N2O3. The molecular weight excluding hydrogens is 220 g/mol. The van der Waals surface area contributed by atoms with Crippen molar-refractivity contribution in [1.29, 1.82) is 0 Å². The Morgan fingerprint density at radius 3 is 2.71 bits per heavy atom. The highest BCUT2D eigenvalue weighted by Gasteiger charge is 2.14. The van der Waals surface area contributed by atoms with Crippen LogP contribution in [0.3, 0.4) is 0 Å². The van der Waals surface area contributed by atoms with Crippen molar-refractivity contribution in [2.24, 2.45) is 0 Å². The summed E-state index contributed by atoms with van der Waals surface area (Å²) in [5.74, 6) is 1.24. The lowest BCUT2D eigenvalue weighted by molar-refractivity contribution is 0.423. The number of phenolic OH excluding ortho intramolecular Hbond substituents is 1. The number of aromatic hydroxyl groups is 1. The summed E-state index contributed by atoms with van der Waals surface area (Å²) in [5, 5.41) is 13.4. The number of furan rings is 1. The molecule has 0 atom stereocenters. The molecule has 0 unspecified atom stereocenters. The Morgan fingerprint density at radius 1 is 1.06 bits per heavy atom. The summed E-state index contributed by atoms with van der Waals surface area (Å²) in [4.78, 5) is 4.15. The lowest BCUT2D eigenvalue weighted by atomic mass is 10.2. The first-order chi connectivity index (χ1) is 8.34. The van der Waals surface area contributed by atoms with Gasteiger partial charge in [-0.05, 0) is 24.3 Å². The van der Waals surface area contributed by atoms with Crippen LogP contribution in [0.15, 0.2) is 51.6 Å². The van der Waals surface area contributed by atoms with Crippen molar-refractivity contribution in [1.82, 2.24) is 10.1 Å².